The molecule has 1 fully saturated rings. The van der Waals surface area contributed by atoms with E-state index in [4.69, 9.17) is 4.74 Å². The third-order valence-electron chi connectivity index (χ3n) is 4.50. The second-order valence-electron chi connectivity index (χ2n) is 6.04. The summed E-state index contributed by atoms with van der Waals surface area (Å²) in [7, 11) is 1.57. The molecule has 5 nitrogen and oxygen atoms in total. The number of amides is 1. The van der Waals surface area contributed by atoms with Crippen molar-refractivity contribution in [3.63, 3.8) is 0 Å². The van der Waals surface area contributed by atoms with Crippen LogP contribution in [-0.2, 0) is 0 Å². The molecule has 1 N–H and O–H groups in total. The summed E-state index contributed by atoms with van der Waals surface area (Å²) in [4.78, 5) is 18.8. The Labute approximate surface area is 141 Å². The van der Waals surface area contributed by atoms with Crippen molar-refractivity contribution in [2.24, 2.45) is 0 Å². The first-order valence-corrected chi connectivity index (χ1v) is 8.23. The molecule has 0 aliphatic carbocycles. The molecule has 5 heteroatoms. The maximum atomic E-state index is 12.8. The number of aliphatic hydroxyl groups excluding tert-OH is 1. The van der Waals surface area contributed by atoms with Gasteiger partial charge in [-0.2, -0.15) is 0 Å². The van der Waals surface area contributed by atoms with Crippen LogP contribution in [0.4, 0.5) is 0 Å². The largest absolute Gasteiger partial charge is 0.497 e. The van der Waals surface area contributed by atoms with E-state index in [2.05, 4.69) is 4.98 Å². The summed E-state index contributed by atoms with van der Waals surface area (Å²) in [5.74, 6) is 0.519. The van der Waals surface area contributed by atoms with Crippen LogP contribution >= 0.6 is 0 Å². The first-order chi connectivity index (χ1) is 11.7. The highest BCUT2D eigenvalue weighted by molar-refractivity contribution is 5.93. The summed E-state index contributed by atoms with van der Waals surface area (Å²) in [6.45, 7) is 0.698. The molecule has 1 aromatic carbocycles. The smallest absolute Gasteiger partial charge is 0.272 e. The third kappa shape index (κ3) is 3.57. The Morgan fingerprint density at radius 2 is 2.17 bits per heavy atom. The van der Waals surface area contributed by atoms with E-state index in [9.17, 15) is 9.90 Å². The van der Waals surface area contributed by atoms with Gasteiger partial charge in [-0.05, 0) is 30.9 Å². The molecular weight excluding hydrogens is 304 g/mol. The van der Waals surface area contributed by atoms with Gasteiger partial charge in [0.1, 0.15) is 11.4 Å². The molecule has 2 atom stereocenters. The van der Waals surface area contributed by atoms with Crippen LogP contribution in [0.1, 0.15) is 41.4 Å². The second kappa shape index (κ2) is 7.45. The molecule has 3 rings (SSSR count). The van der Waals surface area contributed by atoms with E-state index in [1.165, 1.54) is 0 Å². The molecule has 0 spiro atoms. The minimum absolute atomic E-state index is 0.0284. The van der Waals surface area contributed by atoms with Crippen molar-refractivity contribution in [3.8, 4) is 5.75 Å². The highest BCUT2D eigenvalue weighted by Gasteiger charge is 2.31. The maximum Gasteiger partial charge on any atom is 0.272 e. The fourth-order valence-corrected chi connectivity index (χ4v) is 3.22. The van der Waals surface area contributed by atoms with E-state index in [0.717, 1.165) is 18.4 Å². The number of carbonyl (C=O) groups excluding carboxylic acids is 1. The Bertz CT molecular complexity index is 690. The van der Waals surface area contributed by atoms with Crippen molar-refractivity contribution < 1.29 is 14.6 Å². The van der Waals surface area contributed by atoms with Gasteiger partial charge in [-0.25, -0.2) is 0 Å². The second-order valence-corrected chi connectivity index (χ2v) is 6.04. The zero-order valence-corrected chi connectivity index (χ0v) is 13.8. The molecule has 0 radical (unpaired) electrons. The number of hydrogen-bond donors (Lipinski definition) is 1. The Balaban J connectivity index is 1.71. The van der Waals surface area contributed by atoms with Gasteiger partial charge in [0, 0.05) is 24.8 Å². The number of aliphatic hydroxyl groups is 1. The summed E-state index contributed by atoms with van der Waals surface area (Å²) < 4.78 is 5.17. The van der Waals surface area contributed by atoms with Gasteiger partial charge in [-0.15, -0.1) is 0 Å². The predicted octanol–water partition coefficient (Wildman–Crippen LogP) is 2.82. The zero-order valence-electron chi connectivity index (χ0n) is 13.8. The summed E-state index contributed by atoms with van der Waals surface area (Å²) in [5.41, 5.74) is 1.27. The monoisotopic (exact) mass is 326 g/mol. The SMILES string of the molecule is COc1ccnc(C(=O)N2CCCC2CC(O)c2ccccc2)c1. The lowest BCUT2D eigenvalue weighted by Crippen LogP contribution is -2.36. The predicted molar refractivity (Wildman–Crippen MR) is 90.9 cm³/mol. The number of ether oxygens (including phenoxy) is 1. The number of likely N-dealkylation sites (tertiary alicyclic amines) is 1. The normalized spacial score (nSPS) is 18.4. The van der Waals surface area contributed by atoms with Gasteiger partial charge >= 0.3 is 0 Å². The van der Waals surface area contributed by atoms with Crippen LogP contribution in [0.15, 0.2) is 48.7 Å². The van der Waals surface area contributed by atoms with Crippen molar-refractivity contribution in [2.45, 2.75) is 31.4 Å². The van der Waals surface area contributed by atoms with Gasteiger partial charge < -0.3 is 14.7 Å². The van der Waals surface area contributed by atoms with E-state index < -0.39 is 6.10 Å². The molecule has 1 aliphatic heterocycles. The number of hydrogen-bond acceptors (Lipinski definition) is 4. The molecule has 1 amide bonds. The Hall–Kier alpha value is -2.40. The average Bonchev–Trinajstić information content (AvgIpc) is 3.10. The van der Waals surface area contributed by atoms with E-state index in [1.54, 1.807) is 25.4 Å². The Kier molecular flexibility index (Phi) is 5.11. The van der Waals surface area contributed by atoms with Crippen LogP contribution in [-0.4, -0.2) is 40.6 Å². The number of rotatable bonds is 5. The van der Waals surface area contributed by atoms with E-state index >= 15 is 0 Å². The lowest BCUT2D eigenvalue weighted by molar-refractivity contribution is 0.0661. The standard InChI is InChI=1S/C19H22N2O3/c1-24-16-9-10-20-17(13-16)19(23)21-11-5-8-15(21)12-18(22)14-6-3-2-4-7-14/h2-4,6-7,9-10,13,15,18,22H,5,8,11-12H2,1H3. The lowest BCUT2D eigenvalue weighted by atomic mass is 10.0. The highest BCUT2D eigenvalue weighted by atomic mass is 16.5. The average molecular weight is 326 g/mol. The van der Waals surface area contributed by atoms with Gasteiger partial charge in [-0.3, -0.25) is 9.78 Å². The van der Waals surface area contributed by atoms with Crippen LogP contribution in [0.3, 0.4) is 0 Å². The van der Waals surface area contributed by atoms with Gasteiger partial charge in [-0.1, -0.05) is 30.3 Å². The molecule has 1 saturated heterocycles. The maximum absolute atomic E-state index is 12.8. The summed E-state index contributed by atoms with van der Waals surface area (Å²) >= 11 is 0. The molecule has 2 aromatic rings. The molecule has 24 heavy (non-hydrogen) atoms. The van der Waals surface area contributed by atoms with Crippen LogP contribution in [0.25, 0.3) is 0 Å². The molecular formula is C19H22N2O3. The number of aromatic nitrogens is 1. The van der Waals surface area contributed by atoms with E-state index in [-0.39, 0.29) is 11.9 Å². The lowest BCUT2D eigenvalue weighted by Gasteiger charge is -2.26. The summed E-state index contributed by atoms with van der Waals surface area (Å²) in [6, 6.07) is 13.0. The minimum Gasteiger partial charge on any atom is -0.497 e. The molecule has 126 valence electrons. The Morgan fingerprint density at radius 1 is 1.38 bits per heavy atom. The molecule has 1 aromatic heterocycles. The van der Waals surface area contributed by atoms with Gasteiger partial charge in [0.2, 0.25) is 0 Å². The van der Waals surface area contributed by atoms with Crippen molar-refractivity contribution in [1.82, 2.24) is 9.88 Å². The fraction of sp³-hybridized carbons (Fsp3) is 0.368. The molecule has 0 saturated carbocycles. The number of methoxy groups -OCH3 is 1. The highest BCUT2D eigenvalue weighted by Crippen LogP contribution is 2.28. The van der Waals surface area contributed by atoms with Crippen LogP contribution < -0.4 is 4.74 Å². The van der Waals surface area contributed by atoms with Crippen molar-refractivity contribution in [3.05, 3.63) is 59.9 Å². The van der Waals surface area contributed by atoms with Gasteiger partial charge in [0.15, 0.2) is 0 Å². The van der Waals surface area contributed by atoms with Crippen LogP contribution in [0.5, 0.6) is 5.75 Å². The topological polar surface area (TPSA) is 62.7 Å². The van der Waals surface area contributed by atoms with Crippen molar-refractivity contribution in [1.29, 1.82) is 0 Å². The summed E-state index contributed by atoms with van der Waals surface area (Å²) in [6.07, 6.45) is 3.40. The Morgan fingerprint density at radius 3 is 2.92 bits per heavy atom. The first kappa shape index (κ1) is 16.5. The van der Waals surface area contributed by atoms with Crippen molar-refractivity contribution in [2.75, 3.05) is 13.7 Å². The molecule has 1 aliphatic rings. The van der Waals surface area contributed by atoms with E-state index in [0.29, 0.717) is 24.4 Å². The molecule has 2 unspecified atom stereocenters. The number of benzene rings is 1. The van der Waals surface area contributed by atoms with Crippen LogP contribution in [0, 0.1) is 0 Å². The fourth-order valence-electron chi connectivity index (χ4n) is 3.22. The number of nitrogens with zero attached hydrogens (tertiary/aromatic N) is 2. The van der Waals surface area contributed by atoms with Crippen molar-refractivity contribution >= 4 is 5.91 Å². The summed E-state index contributed by atoms with van der Waals surface area (Å²) in [5, 5.41) is 10.5. The molecule has 2 heterocycles. The first-order valence-electron chi connectivity index (χ1n) is 8.23. The third-order valence-corrected chi connectivity index (χ3v) is 4.50. The number of carbonyl (C=O) groups is 1. The van der Waals surface area contributed by atoms with Gasteiger partial charge in [0.05, 0.1) is 13.2 Å². The van der Waals surface area contributed by atoms with E-state index in [1.807, 2.05) is 35.2 Å². The van der Waals surface area contributed by atoms with Gasteiger partial charge in [0.25, 0.3) is 5.91 Å². The molecule has 0 bridgehead atoms. The van der Waals surface area contributed by atoms with Crippen LogP contribution in [0.2, 0.25) is 0 Å². The quantitative estimate of drug-likeness (QED) is 0.918. The zero-order chi connectivity index (χ0) is 16.9. The minimum atomic E-state index is -0.567. The number of pyridine rings is 1.